The van der Waals surface area contributed by atoms with E-state index in [9.17, 15) is 4.79 Å². The van der Waals surface area contributed by atoms with Gasteiger partial charge in [0.25, 0.3) is 0 Å². The lowest BCUT2D eigenvalue weighted by molar-refractivity contribution is -0.137. The van der Waals surface area contributed by atoms with Crippen LogP contribution in [0.5, 0.6) is 0 Å². The van der Waals surface area contributed by atoms with Crippen molar-refractivity contribution in [3.63, 3.8) is 0 Å². The van der Waals surface area contributed by atoms with Crippen molar-refractivity contribution in [1.82, 2.24) is 9.88 Å². The molecule has 5 heteroatoms. The number of aromatic amines is 1. The summed E-state index contributed by atoms with van der Waals surface area (Å²) >= 11 is 0. The highest BCUT2D eigenvalue weighted by Gasteiger charge is 2.42. The highest BCUT2D eigenvalue weighted by molar-refractivity contribution is 5.89. The number of fused-ring (bicyclic) bond motifs is 5. The fraction of sp³-hybridized carbons (Fsp3) is 0.409. The predicted octanol–water partition coefficient (Wildman–Crippen LogP) is 3.59. The van der Waals surface area contributed by atoms with E-state index in [1.54, 1.807) is 7.11 Å². The molecule has 0 amide bonds. The fourth-order valence-electron chi connectivity index (χ4n) is 4.80. The summed E-state index contributed by atoms with van der Waals surface area (Å²) in [7, 11) is 2.98. The first-order chi connectivity index (χ1) is 13.2. The third-order valence-corrected chi connectivity index (χ3v) is 6.08. The number of benzene rings is 1. The Morgan fingerprint density at radius 3 is 2.89 bits per heavy atom. The zero-order valence-electron chi connectivity index (χ0n) is 15.9. The van der Waals surface area contributed by atoms with Crippen molar-refractivity contribution in [1.29, 1.82) is 0 Å². The molecule has 5 nitrogen and oxygen atoms in total. The molecule has 2 aromatic rings. The number of nitrogens with zero attached hydrogens (tertiary/aromatic N) is 1. The molecule has 0 unspecified atom stereocenters. The van der Waals surface area contributed by atoms with Crippen LogP contribution in [0.3, 0.4) is 0 Å². The van der Waals surface area contributed by atoms with Gasteiger partial charge in [0.15, 0.2) is 0 Å². The molecule has 0 spiro atoms. The molecule has 2 aliphatic rings. The average Bonchev–Trinajstić information content (AvgIpc) is 3.09. The van der Waals surface area contributed by atoms with E-state index < -0.39 is 0 Å². The monoisotopic (exact) mass is 366 g/mol. The van der Waals surface area contributed by atoms with E-state index in [1.165, 1.54) is 35.5 Å². The summed E-state index contributed by atoms with van der Waals surface area (Å²) in [6.07, 6.45) is 5.38. The zero-order chi connectivity index (χ0) is 19.0. The topological polar surface area (TPSA) is 54.6 Å². The quantitative estimate of drug-likeness (QED) is 0.389. The van der Waals surface area contributed by atoms with E-state index in [1.807, 2.05) is 6.08 Å². The molecule has 0 radical (unpaired) electrons. The number of piperidine rings is 1. The maximum atomic E-state index is 12.4. The van der Waals surface area contributed by atoms with Crippen LogP contribution in [0.15, 0.2) is 48.8 Å². The molecule has 1 aromatic carbocycles. The summed E-state index contributed by atoms with van der Waals surface area (Å²) < 4.78 is 10.2. The van der Waals surface area contributed by atoms with Crippen molar-refractivity contribution in [2.45, 2.75) is 18.9 Å². The lowest BCUT2D eigenvalue weighted by Crippen LogP contribution is -2.46. The summed E-state index contributed by atoms with van der Waals surface area (Å²) in [5.41, 5.74) is 4.48. The standard InChI is InChI=1S/C22H26N2O3/c1-4-14-12-24-10-9-16-15-7-5-6-8-19(15)23-21(16)20(24)11-17(14)18(13-26-2)22(25)27-3/h4-8,13-14,17,20,23H,1,9-12H2,2-3H3/t14-,17-,20-/m0/s1. The van der Waals surface area contributed by atoms with Gasteiger partial charge in [0.05, 0.1) is 32.1 Å². The van der Waals surface area contributed by atoms with Gasteiger partial charge in [-0.1, -0.05) is 24.3 Å². The van der Waals surface area contributed by atoms with Gasteiger partial charge in [-0.25, -0.2) is 4.79 Å². The van der Waals surface area contributed by atoms with Gasteiger partial charge >= 0.3 is 5.97 Å². The molecule has 3 heterocycles. The summed E-state index contributed by atoms with van der Waals surface area (Å²) in [5, 5.41) is 1.31. The first-order valence-corrected chi connectivity index (χ1v) is 9.45. The molecule has 0 bridgehead atoms. The normalized spacial score (nSPS) is 25.6. The second kappa shape index (κ2) is 7.24. The Morgan fingerprint density at radius 1 is 1.33 bits per heavy atom. The van der Waals surface area contributed by atoms with Crippen molar-refractivity contribution in [3.05, 3.63) is 60.0 Å². The van der Waals surface area contributed by atoms with Crippen molar-refractivity contribution in [2.75, 3.05) is 27.3 Å². The Balaban J connectivity index is 1.74. The molecule has 1 fully saturated rings. The Kier molecular flexibility index (Phi) is 4.79. The second-order valence-corrected chi connectivity index (χ2v) is 7.37. The smallest absolute Gasteiger partial charge is 0.337 e. The van der Waals surface area contributed by atoms with Crippen LogP contribution in [0.25, 0.3) is 10.9 Å². The lowest BCUT2D eigenvalue weighted by Gasteiger charge is -2.45. The van der Waals surface area contributed by atoms with Gasteiger partial charge in [-0.2, -0.15) is 0 Å². The van der Waals surface area contributed by atoms with E-state index in [0.29, 0.717) is 5.57 Å². The number of esters is 1. The molecule has 0 saturated carbocycles. The van der Waals surface area contributed by atoms with Crippen LogP contribution in [0.2, 0.25) is 0 Å². The van der Waals surface area contributed by atoms with Crippen LogP contribution in [0.1, 0.15) is 23.7 Å². The van der Waals surface area contributed by atoms with Crippen LogP contribution in [0.4, 0.5) is 0 Å². The number of nitrogens with one attached hydrogen (secondary N) is 1. The molecule has 27 heavy (non-hydrogen) atoms. The maximum absolute atomic E-state index is 12.4. The Hall–Kier alpha value is -2.53. The van der Waals surface area contributed by atoms with Gasteiger partial charge in [0, 0.05) is 35.6 Å². The first-order valence-electron chi connectivity index (χ1n) is 9.45. The molecule has 1 aromatic heterocycles. The van der Waals surface area contributed by atoms with Crippen molar-refractivity contribution in [2.24, 2.45) is 11.8 Å². The number of para-hydroxylation sites is 1. The molecule has 142 valence electrons. The van der Waals surface area contributed by atoms with Gasteiger partial charge in [-0.05, 0) is 30.4 Å². The summed E-state index contributed by atoms with van der Waals surface area (Å²) in [6, 6.07) is 8.74. The van der Waals surface area contributed by atoms with Gasteiger partial charge < -0.3 is 14.5 Å². The lowest BCUT2D eigenvalue weighted by atomic mass is 9.75. The third-order valence-electron chi connectivity index (χ3n) is 6.08. The number of ether oxygens (including phenoxy) is 2. The molecule has 0 aliphatic carbocycles. The average molecular weight is 366 g/mol. The van der Waals surface area contributed by atoms with Crippen molar-refractivity contribution >= 4 is 16.9 Å². The fourth-order valence-corrected chi connectivity index (χ4v) is 4.80. The number of carbonyl (C=O) groups is 1. The van der Waals surface area contributed by atoms with Crippen LogP contribution in [-0.2, 0) is 20.7 Å². The summed E-state index contributed by atoms with van der Waals surface area (Å²) in [6.45, 7) is 5.93. The third kappa shape index (κ3) is 2.96. The molecule has 2 aliphatic heterocycles. The van der Waals surface area contributed by atoms with Crippen LogP contribution >= 0.6 is 0 Å². The van der Waals surface area contributed by atoms with Gasteiger partial charge in [-0.15, -0.1) is 6.58 Å². The Labute approximate surface area is 159 Å². The minimum absolute atomic E-state index is 0.0218. The van der Waals surface area contributed by atoms with Gasteiger partial charge in [-0.3, -0.25) is 4.90 Å². The number of rotatable bonds is 4. The molecular weight excluding hydrogens is 340 g/mol. The molecule has 4 rings (SSSR count). The van der Waals surface area contributed by atoms with E-state index in [4.69, 9.17) is 9.47 Å². The Morgan fingerprint density at radius 2 is 2.15 bits per heavy atom. The number of carbonyl (C=O) groups excluding carboxylic acids is 1. The van der Waals surface area contributed by atoms with Gasteiger partial charge in [0.2, 0.25) is 0 Å². The molecule has 3 atom stereocenters. The highest BCUT2D eigenvalue weighted by Crippen LogP contribution is 2.45. The van der Waals surface area contributed by atoms with Crippen molar-refractivity contribution in [3.8, 4) is 0 Å². The van der Waals surface area contributed by atoms with E-state index >= 15 is 0 Å². The van der Waals surface area contributed by atoms with Crippen LogP contribution in [0, 0.1) is 11.8 Å². The minimum atomic E-state index is -0.324. The van der Waals surface area contributed by atoms with E-state index in [2.05, 4.69) is 40.7 Å². The van der Waals surface area contributed by atoms with Gasteiger partial charge in [0.1, 0.15) is 0 Å². The molecule has 1 N–H and O–H groups in total. The molecular formula is C22H26N2O3. The number of aromatic nitrogens is 1. The number of methoxy groups -OCH3 is 2. The van der Waals surface area contributed by atoms with Crippen LogP contribution < -0.4 is 0 Å². The maximum Gasteiger partial charge on any atom is 0.337 e. The van der Waals surface area contributed by atoms with Crippen molar-refractivity contribution < 1.29 is 14.3 Å². The highest BCUT2D eigenvalue weighted by atomic mass is 16.5. The zero-order valence-corrected chi connectivity index (χ0v) is 15.9. The second-order valence-electron chi connectivity index (χ2n) is 7.37. The number of H-pyrrole nitrogens is 1. The number of hydrogen-bond acceptors (Lipinski definition) is 4. The summed E-state index contributed by atoms with van der Waals surface area (Å²) in [5.74, 6) is -0.115. The van der Waals surface area contributed by atoms with E-state index in [0.717, 1.165) is 25.9 Å². The van der Waals surface area contributed by atoms with Crippen LogP contribution in [-0.4, -0.2) is 43.2 Å². The predicted molar refractivity (Wildman–Crippen MR) is 105 cm³/mol. The Bertz CT molecular complexity index is 898. The minimum Gasteiger partial charge on any atom is -0.504 e. The number of hydrogen-bond donors (Lipinski definition) is 1. The summed E-state index contributed by atoms with van der Waals surface area (Å²) in [4.78, 5) is 18.5. The SMILES string of the molecule is C=C[C@H]1CN2CCc3c([nH]c4ccccc34)[C@@H]2C[C@@H]1C(=COC)C(=O)OC. The first kappa shape index (κ1) is 17.9. The van der Waals surface area contributed by atoms with E-state index in [-0.39, 0.29) is 23.8 Å². The molecule has 1 saturated heterocycles. The largest absolute Gasteiger partial charge is 0.504 e.